The number of hydrogen-bond donors (Lipinski definition) is 1. The highest BCUT2D eigenvalue weighted by atomic mass is 79.9. The van der Waals surface area contributed by atoms with E-state index in [4.69, 9.17) is 5.11 Å². The number of carboxylic acid groups (broad SMARTS) is 1. The first kappa shape index (κ1) is 11.8. The summed E-state index contributed by atoms with van der Waals surface area (Å²) >= 11 is 3.30. The van der Waals surface area contributed by atoms with Gasteiger partial charge in [-0.2, -0.15) is 5.10 Å². The van der Waals surface area contributed by atoms with Crippen LogP contribution in [0.5, 0.6) is 0 Å². The number of carboxylic acids is 1. The topological polar surface area (TPSA) is 55.1 Å². The van der Waals surface area contributed by atoms with Crippen LogP contribution in [0.4, 0.5) is 4.39 Å². The van der Waals surface area contributed by atoms with Crippen LogP contribution in [0.1, 0.15) is 10.4 Å². The van der Waals surface area contributed by atoms with Gasteiger partial charge in [-0.05, 0) is 28.1 Å². The lowest BCUT2D eigenvalue weighted by molar-refractivity contribution is 0.0692. The van der Waals surface area contributed by atoms with E-state index in [2.05, 4.69) is 21.0 Å². The molecule has 6 heteroatoms. The van der Waals surface area contributed by atoms with E-state index >= 15 is 0 Å². The molecule has 88 valence electrons. The summed E-state index contributed by atoms with van der Waals surface area (Å²) in [6.07, 6.45) is 1.60. The standard InChI is InChI=1S/C11H8BrFN2O2/c1-15-10(8(12)5-14-15)6-2-3-7(11(16)17)9(13)4-6/h2-5H,1H3,(H,16,17). The number of aromatic carboxylic acids is 1. The van der Waals surface area contributed by atoms with Gasteiger partial charge in [0.15, 0.2) is 0 Å². The minimum absolute atomic E-state index is 0.341. The molecule has 1 aromatic heterocycles. The normalized spacial score (nSPS) is 10.5. The van der Waals surface area contributed by atoms with Crippen LogP contribution in [0.25, 0.3) is 11.3 Å². The van der Waals surface area contributed by atoms with Crippen LogP contribution in [0.2, 0.25) is 0 Å². The predicted octanol–water partition coefficient (Wildman–Crippen LogP) is 2.69. The maximum atomic E-state index is 13.5. The summed E-state index contributed by atoms with van der Waals surface area (Å²) in [4.78, 5) is 10.7. The molecular formula is C11H8BrFN2O2. The van der Waals surface area contributed by atoms with Gasteiger partial charge in [-0.25, -0.2) is 9.18 Å². The summed E-state index contributed by atoms with van der Waals surface area (Å²) in [6.45, 7) is 0. The molecular weight excluding hydrogens is 291 g/mol. The summed E-state index contributed by atoms with van der Waals surface area (Å²) in [5.41, 5.74) is 0.923. The zero-order chi connectivity index (χ0) is 12.6. The minimum atomic E-state index is -1.28. The van der Waals surface area contributed by atoms with Crippen LogP contribution in [0.15, 0.2) is 28.9 Å². The van der Waals surface area contributed by atoms with Crippen LogP contribution in [0.3, 0.4) is 0 Å². The number of aryl methyl sites for hydroxylation is 1. The molecule has 17 heavy (non-hydrogen) atoms. The Kier molecular flexibility index (Phi) is 2.97. The van der Waals surface area contributed by atoms with Gasteiger partial charge in [0.2, 0.25) is 0 Å². The van der Waals surface area contributed by atoms with E-state index in [1.807, 2.05) is 0 Å². The van der Waals surface area contributed by atoms with Crippen LogP contribution < -0.4 is 0 Å². The van der Waals surface area contributed by atoms with E-state index < -0.39 is 11.8 Å². The average molecular weight is 299 g/mol. The third-order valence-corrected chi connectivity index (χ3v) is 2.95. The average Bonchev–Trinajstić information content (AvgIpc) is 2.58. The second kappa shape index (κ2) is 4.29. The molecule has 0 radical (unpaired) electrons. The van der Waals surface area contributed by atoms with Crippen LogP contribution in [-0.4, -0.2) is 20.9 Å². The lowest BCUT2D eigenvalue weighted by Crippen LogP contribution is -2.01. The van der Waals surface area contributed by atoms with E-state index in [0.29, 0.717) is 11.3 Å². The van der Waals surface area contributed by atoms with Gasteiger partial charge in [-0.1, -0.05) is 6.07 Å². The molecule has 4 nitrogen and oxygen atoms in total. The highest BCUT2D eigenvalue weighted by Crippen LogP contribution is 2.28. The first-order chi connectivity index (χ1) is 8.00. The molecule has 0 amide bonds. The molecule has 0 unspecified atom stereocenters. The molecule has 1 N–H and O–H groups in total. The Labute approximate surface area is 105 Å². The largest absolute Gasteiger partial charge is 0.478 e. The number of halogens is 2. The second-order valence-electron chi connectivity index (χ2n) is 3.46. The van der Waals surface area contributed by atoms with Gasteiger partial charge in [0, 0.05) is 12.6 Å². The summed E-state index contributed by atoms with van der Waals surface area (Å²) in [6, 6.07) is 3.98. The first-order valence-electron chi connectivity index (χ1n) is 4.71. The number of rotatable bonds is 2. The summed E-state index contributed by atoms with van der Waals surface area (Å²) in [5, 5.41) is 12.7. The maximum absolute atomic E-state index is 13.5. The highest BCUT2D eigenvalue weighted by molar-refractivity contribution is 9.10. The van der Waals surface area contributed by atoms with Gasteiger partial charge in [0.1, 0.15) is 5.82 Å². The number of nitrogens with zero attached hydrogens (tertiary/aromatic N) is 2. The van der Waals surface area contributed by atoms with Crippen molar-refractivity contribution in [1.82, 2.24) is 9.78 Å². The van der Waals surface area contributed by atoms with Gasteiger partial charge in [0.25, 0.3) is 0 Å². The molecule has 0 saturated carbocycles. The lowest BCUT2D eigenvalue weighted by atomic mass is 10.1. The Morgan fingerprint density at radius 3 is 2.71 bits per heavy atom. The van der Waals surface area contributed by atoms with E-state index in [9.17, 15) is 9.18 Å². The number of hydrogen-bond acceptors (Lipinski definition) is 2. The summed E-state index contributed by atoms with van der Waals surface area (Å²) in [7, 11) is 1.73. The summed E-state index contributed by atoms with van der Waals surface area (Å²) < 4.78 is 15.8. The highest BCUT2D eigenvalue weighted by Gasteiger charge is 2.14. The van der Waals surface area contributed by atoms with Crippen molar-refractivity contribution in [3.05, 3.63) is 40.2 Å². The SMILES string of the molecule is Cn1ncc(Br)c1-c1ccc(C(=O)O)c(F)c1. The minimum Gasteiger partial charge on any atom is -0.478 e. The summed E-state index contributed by atoms with van der Waals surface area (Å²) in [5.74, 6) is -2.04. The third kappa shape index (κ3) is 2.08. The van der Waals surface area contributed by atoms with Crippen molar-refractivity contribution < 1.29 is 14.3 Å². The van der Waals surface area contributed by atoms with Crippen molar-refractivity contribution in [1.29, 1.82) is 0 Å². The van der Waals surface area contributed by atoms with Crippen molar-refractivity contribution >= 4 is 21.9 Å². The molecule has 2 rings (SSSR count). The Bertz CT molecular complexity index is 576. The van der Waals surface area contributed by atoms with Crippen molar-refractivity contribution in [3.8, 4) is 11.3 Å². The molecule has 0 fully saturated rings. The maximum Gasteiger partial charge on any atom is 0.338 e. The molecule has 1 heterocycles. The second-order valence-corrected chi connectivity index (χ2v) is 4.32. The van der Waals surface area contributed by atoms with Crippen LogP contribution in [0, 0.1) is 5.82 Å². The van der Waals surface area contributed by atoms with Crippen LogP contribution in [-0.2, 0) is 7.05 Å². The van der Waals surface area contributed by atoms with Gasteiger partial charge >= 0.3 is 5.97 Å². The lowest BCUT2D eigenvalue weighted by Gasteiger charge is -2.05. The number of benzene rings is 1. The van der Waals surface area contributed by atoms with Crippen molar-refractivity contribution in [2.75, 3.05) is 0 Å². The number of carbonyl (C=O) groups is 1. The molecule has 0 atom stereocenters. The zero-order valence-electron chi connectivity index (χ0n) is 8.82. The third-order valence-electron chi connectivity index (χ3n) is 2.37. The molecule has 2 aromatic rings. The molecule has 1 aromatic carbocycles. The van der Waals surface area contributed by atoms with Crippen molar-refractivity contribution in [2.24, 2.45) is 7.05 Å². The Morgan fingerprint density at radius 2 is 2.24 bits per heavy atom. The fraction of sp³-hybridized carbons (Fsp3) is 0.0909. The molecule has 0 spiro atoms. The fourth-order valence-corrected chi connectivity index (χ4v) is 2.15. The van der Waals surface area contributed by atoms with Crippen LogP contribution >= 0.6 is 15.9 Å². The first-order valence-corrected chi connectivity index (χ1v) is 5.50. The molecule has 0 saturated heterocycles. The van der Waals surface area contributed by atoms with Crippen molar-refractivity contribution in [3.63, 3.8) is 0 Å². The molecule has 0 aliphatic rings. The predicted molar refractivity (Wildman–Crippen MR) is 63.3 cm³/mol. The monoisotopic (exact) mass is 298 g/mol. The molecule has 0 bridgehead atoms. The van der Waals surface area contributed by atoms with Gasteiger partial charge in [-0.15, -0.1) is 0 Å². The zero-order valence-corrected chi connectivity index (χ0v) is 10.4. The Hall–Kier alpha value is -1.69. The van der Waals surface area contributed by atoms with Crippen molar-refractivity contribution in [2.45, 2.75) is 0 Å². The fourth-order valence-electron chi connectivity index (χ4n) is 1.57. The molecule has 0 aliphatic heterocycles. The van der Waals surface area contributed by atoms with Gasteiger partial charge < -0.3 is 5.11 Å². The van der Waals surface area contributed by atoms with E-state index in [0.717, 1.165) is 4.47 Å². The van der Waals surface area contributed by atoms with E-state index in [1.165, 1.54) is 12.1 Å². The van der Waals surface area contributed by atoms with E-state index in [1.54, 1.807) is 24.0 Å². The Morgan fingerprint density at radius 1 is 1.53 bits per heavy atom. The van der Waals surface area contributed by atoms with Gasteiger partial charge in [0.05, 0.1) is 21.9 Å². The Balaban J connectivity index is 2.56. The number of aromatic nitrogens is 2. The smallest absolute Gasteiger partial charge is 0.338 e. The van der Waals surface area contributed by atoms with Gasteiger partial charge in [-0.3, -0.25) is 4.68 Å². The quantitative estimate of drug-likeness (QED) is 0.927. The molecule has 0 aliphatic carbocycles. The van der Waals surface area contributed by atoms with E-state index in [-0.39, 0.29) is 5.56 Å².